The fraction of sp³-hybridized carbons (Fsp3) is 0.917. The van der Waals surface area contributed by atoms with Crippen LogP contribution in [-0.4, -0.2) is 44.0 Å². The highest BCUT2D eigenvalue weighted by atomic mass is 32.2. The number of amides is 1. The van der Waals surface area contributed by atoms with E-state index in [1.807, 2.05) is 13.8 Å². The summed E-state index contributed by atoms with van der Waals surface area (Å²) in [4.78, 5) is 11.6. The van der Waals surface area contributed by atoms with Crippen LogP contribution < -0.4 is 5.32 Å². The van der Waals surface area contributed by atoms with Gasteiger partial charge in [-0.2, -0.15) is 0 Å². The number of hydrogen-bond acceptors (Lipinski definition) is 3. The minimum atomic E-state index is -3.11. The van der Waals surface area contributed by atoms with Gasteiger partial charge in [-0.15, -0.1) is 0 Å². The highest BCUT2D eigenvalue weighted by Gasteiger charge is 2.30. The van der Waals surface area contributed by atoms with Gasteiger partial charge in [0.15, 0.2) is 0 Å². The number of sulfonamides is 1. The summed E-state index contributed by atoms with van der Waals surface area (Å²) in [6.45, 7) is 5.47. The van der Waals surface area contributed by atoms with Crippen LogP contribution in [0, 0.1) is 5.92 Å². The number of unbranched alkanes of at least 4 members (excludes halogenated alkanes) is 1. The van der Waals surface area contributed by atoms with E-state index in [2.05, 4.69) is 5.32 Å². The number of hydrogen-bond donors (Lipinski definition) is 1. The van der Waals surface area contributed by atoms with Gasteiger partial charge in [0.1, 0.15) is 0 Å². The van der Waals surface area contributed by atoms with Crippen LogP contribution >= 0.6 is 0 Å². The van der Waals surface area contributed by atoms with Crippen LogP contribution in [0.5, 0.6) is 0 Å². The molecule has 5 nitrogen and oxygen atoms in total. The second-order valence-corrected chi connectivity index (χ2v) is 6.83. The SMILES string of the molecule is CCCCS(=O)(=O)N1CCC(C(=O)NCC)CC1. The predicted octanol–water partition coefficient (Wildman–Crippen LogP) is 0.964. The Bertz CT molecular complexity index is 360. The molecule has 106 valence electrons. The summed E-state index contributed by atoms with van der Waals surface area (Å²) in [5.74, 6) is 0.265. The second kappa shape index (κ2) is 7.09. The van der Waals surface area contributed by atoms with Gasteiger partial charge in [0.2, 0.25) is 15.9 Å². The van der Waals surface area contributed by atoms with Gasteiger partial charge in [0, 0.05) is 25.6 Å². The molecule has 1 heterocycles. The van der Waals surface area contributed by atoms with Crippen molar-refractivity contribution in [2.45, 2.75) is 39.5 Å². The summed E-state index contributed by atoms with van der Waals surface area (Å²) in [7, 11) is -3.11. The number of piperidine rings is 1. The summed E-state index contributed by atoms with van der Waals surface area (Å²) in [6, 6.07) is 0. The quantitative estimate of drug-likeness (QED) is 0.786. The van der Waals surface area contributed by atoms with Crippen molar-refractivity contribution in [2.24, 2.45) is 5.92 Å². The molecule has 0 radical (unpaired) electrons. The molecule has 0 unspecified atom stereocenters. The summed E-state index contributed by atoms with van der Waals surface area (Å²) < 4.78 is 25.5. The molecular weight excluding hydrogens is 252 g/mol. The molecule has 6 heteroatoms. The van der Waals surface area contributed by atoms with Crippen molar-refractivity contribution in [3.8, 4) is 0 Å². The Hall–Kier alpha value is -0.620. The van der Waals surface area contributed by atoms with E-state index in [1.165, 1.54) is 0 Å². The molecule has 0 atom stereocenters. The molecule has 1 aliphatic heterocycles. The van der Waals surface area contributed by atoms with Gasteiger partial charge in [0.05, 0.1) is 5.75 Å². The largest absolute Gasteiger partial charge is 0.356 e. The van der Waals surface area contributed by atoms with E-state index in [-0.39, 0.29) is 17.6 Å². The van der Waals surface area contributed by atoms with Crippen molar-refractivity contribution in [2.75, 3.05) is 25.4 Å². The Morgan fingerprint density at radius 2 is 1.89 bits per heavy atom. The molecule has 1 amide bonds. The van der Waals surface area contributed by atoms with Gasteiger partial charge < -0.3 is 5.32 Å². The van der Waals surface area contributed by atoms with Crippen LogP contribution in [0.2, 0.25) is 0 Å². The lowest BCUT2D eigenvalue weighted by atomic mass is 9.97. The number of carbonyl (C=O) groups is 1. The van der Waals surface area contributed by atoms with Gasteiger partial charge in [-0.1, -0.05) is 13.3 Å². The smallest absolute Gasteiger partial charge is 0.223 e. The lowest BCUT2D eigenvalue weighted by Gasteiger charge is -2.30. The molecule has 1 N–H and O–H groups in total. The van der Waals surface area contributed by atoms with Crippen molar-refractivity contribution in [1.82, 2.24) is 9.62 Å². The monoisotopic (exact) mass is 276 g/mol. The van der Waals surface area contributed by atoms with Crippen LogP contribution in [0.3, 0.4) is 0 Å². The van der Waals surface area contributed by atoms with Gasteiger partial charge in [0.25, 0.3) is 0 Å². The van der Waals surface area contributed by atoms with Crippen molar-refractivity contribution >= 4 is 15.9 Å². The van der Waals surface area contributed by atoms with E-state index in [4.69, 9.17) is 0 Å². The van der Waals surface area contributed by atoms with E-state index in [0.29, 0.717) is 38.9 Å². The van der Waals surface area contributed by atoms with Crippen LogP contribution in [0.1, 0.15) is 39.5 Å². The number of nitrogens with zero attached hydrogens (tertiary/aromatic N) is 1. The van der Waals surface area contributed by atoms with E-state index in [9.17, 15) is 13.2 Å². The third-order valence-corrected chi connectivity index (χ3v) is 5.28. The maximum atomic E-state index is 12.0. The molecule has 0 saturated carbocycles. The van der Waals surface area contributed by atoms with E-state index < -0.39 is 10.0 Å². The topological polar surface area (TPSA) is 66.5 Å². The zero-order chi connectivity index (χ0) is 13.6. The summed E-state index contributed by atoms with van der Waals surface area (Å²) >= 11 is 0. The van der Waals surface area contributed by atoms with Crippen LogP contribution in [-0.2, 0) is 14.8 Å². The highest BCUT2D eigenvalue weighted by Crippen LogP contribution is 2.20. The van der Waals surface area contributed by atoms with Gasteiger partial charge in [-0.05, 0) is 26.2 Å². The van der Waals surface area contributed by atoms with Crippen LogP contribution in [0.4, 0.5) is 0 Å². The first-order valence-electron chi connectivity index (χ1n) is 6.76. The first-order valence-corrected chi connectivity index (χ1v) is 8.37. The molecule has 0 aromatic heterocycles. The molecule has 1 fully saturated rings. The first-order chi connectivity index (χ1) is 8.51. The molecule has 1 rings (SSSR count). The molecule has 1 aliphatic rings. The third kappa shape index (κ3) is 4.24. The van der Waals surface area contributed by atoms with Crippen molar-refractivity contribution in [3.05, 3.63) is 0 Å². The summed E-state index contributed by atoms with van der Waals surface area (Å²) in [5, 5.41) is 2.80. The first kappa shape index (κ1) is 15.4. The second-order valence-electron chi connectivity index (χ2n) is 4.74. The summed E-state index contributed by atoms with van der Waals surface area (Å²) in [6.07, 6.45) is 2.86. The normalized spacial score (nSPS) is 18.8. The minimum Gasteiger partial charge on any atom is -0.356 e. The minimum absolute atomic E-state index is 0.0254. The van der Waals surface area contributed by atoms with Crippen molar-refractivity contribution in [3.63, 3.8) is 0 Å². The number of rotatable bonds is 6. The average molecular weight is 276 g/mol. The standard InChI is InChI=1S/C12H24N2O3S/c1-3-5-10-18(16,17)14-8-6-11(7-9-14)12(15)13-4-2/h11H,3-10H2,1-2H3,(H,13,15). The third-order valence-electron chi connectivity index (χ3n) is 3.32. The molecule has 0 aliphatic carbocycles. The van der Waals surface area contributed by atoms with Gasteiger partial charge in [-0.3, -0.25) is 4.79 Å². The Kier molecular flexibility index (Phi) is 6.08. The maximum absolute atomic E-state index is 12.0. The van der Waals surface area contributed by atoms with Crippen LogP contribution in [0.25, 0.3) is 0 Å². The molecule has 0 bridgehead atoms. The van der Waals surface area contributed by atoms with E-state index in [0.717, 1.165) is 6.42 Å². The fourth-order valence-electron chi connectivity index (χ4n) is 2.17. The Morgan fingerprint density at radius 3 is 2.39 bits per heavy atom. The van der Waals surface area contributed by atoms with Crippen molar-refractivity contribution in [1.29, 1.82) is 0 Å². The number of nitrogens with one attached hydrogen (secondary N) is 1. The maximum Gasteiger partial charge on any atom is 0.223 e. The average Bonchev–Trinajstić information content (AvgIpc) is 2.37. The van der Waals surface area contributed by atoms with E-state index in [1.54, 1.807) is 4.31 Å². The van der Waals surface area contributed by atoms with Gasteiger partial charge >= 0.3 is 0 Å². The molecule has 1 saturated heterocycles. The Labute approximate surface area is 110 Å². The van der Waals surface area contributed by atoms with E-state index >= 15 is 0 Å². The number of carbonyl (C=O) groups excluding carboxylic acids is 1. The zero-order valence-corrected chi connectivity index (χ0v) is 12.1. The molecule has 18 heavy (non-hydrogen) atoms. The molecule has 0 aromatic carbocycles. The Morgan fingerprint density at radius 1 is 1.28 bits per heavy atom. The predicted molar refractivity (Wildman–Crippen MR) is 71.7 cm³/mol. The summed E-state index contributed by atoms with van der Waals surface area (Å²) in [5.41, 5.74) is 0. The lowest BCUT2D eigenvalue weighted by Crippen LogP contribution is -2.43. The van der Waals surface area contributed by atoms with Gasteiger partial charge in [-0.25, -0.2) is 12.7 Å². The zero-order valence-electron chi connectivity index (χ0n) is 11.3. The van der Waals surface area contributed by atoms with Crippen molar-refractivity contribution < 1.29 is 13.2 Å². The lowest BCUT2D eigenvalue weighted by molar-refractivity contribution is -0.126. The molecular formula is C12H24N2O3S. The molecule has 0 spiro atoms. The molecule has 0 aromatic rings. The Balaban J connectivity index is 2.46. The highest BCUT2D eigenvalue weighted by molar-refractivity contribution is 7.89. The van der Waals surface area contributed by atoms with Crippen LogP contribution in [0.15, 0.2) is 0 Å². The fourth-order valence-corrected chi connectivity index (χ4v) is 3.85.